The molecule has 112 valence electrons. The highest BCUT2D eigenvalue weighted by Gasteiger charge is 2.17. The number of nitrogens with two attached hydrogens (primary N) is 1. The zero-order valence-electron chi connectivity index (χ0n) is 10.8. The molecule has 0 amide bonds. The fourth-order valence-electron chi connectivity index (χ4n) is 1.98. The Labute approximate surface area is 162 Å². The first-order valence-corrected chi connectivity index (χ1v) is 9.85. The van der Waals surface area contributed by atoms with Crippen LogP contribution in [0.2, 0.25) is 0 Å². The van der Waals surface area contributed by atoms with E-state index < -0.39 is 5.82 Å². The molecule has 0 spiro atoms. The molecular formula is C14H7BrFIN2S3. The van der Waals surface area contributed by atoms with Crippen LogP contribution in [-0.4, -0.2) is 0 Å². The molecule has 3 rings (SSSR count). The van der Waals surface area contributed by atoms with E-state index in [0.717, 1.165) is 9.75 Å². The molecule has 0 saturated heterocycles. The molecule has 2 heterocycles. The zero-order valence-corrected chi connectivity index (χ0v) is 17.0. The number of halogens is 3. The standard InChI is InChI=1S/C14H7BrFIN2S3/c15-12-7(16)5-6(13(18)14(12)19-20)8-1-2-9(21-8)10-3-4-11(17)22-10/h1-5H,18H2. The average Bonchev–Trinajstić information content (AvgIpc) is 3.12. The van der Waals surface area contributed by atoms with Crippen LogP contribution < -0.4 is 5.73 Å². The maximum absolute atomic E-state index is 14.0. The average molecular weight is 525 g/mol. The van der Waals surface area contributed by atoms with Crippen LogP contribution in [0.3, 0.4) is 0 Å². The minimum absolute atomic E-state index is 0.202. The summed E-state index contributed by atoms with van der Waals surface area (Å²) < 4.78 is 19.1. The summed E-state index contributed by atoms with van der Waals surface area (Å²) in [5.41, 5.74) is 7.37. The van der Waals surface area contributed by atoms with Crippen molar-refractivity contribution in [3.63, 3.8) is 0 Å². The molecule has 1 aromatic carbocycles. The Bertz CT molecular complexity index is 875. The van der Waals surface area contributed by atoms with E-state index >= 15 is 0 Å². The van der Waals surface area contributed by atoms with Gasteiger partial charge in [-0.3, -0.25) is 0 Å². The molecule has 0 saturated carbocycles. The molecule has 22 heavy (non-hydrogen) atoms. The summed E-state index contributed by atoms with van der Waals surface area (Å²) in [7, 11) is 0. The number of hydrogen-bond acceptors (Lipinski definition) is 5. The van der Waals surface area contributed by atoms with Gasteiger partial charge in [0.15, 0.2) is 0 Å². The van der Waals surface area contributed by atoms with Crippen molar-refractivity contribution in [1.82, 2.24) is 0 Å². The van der Waals surface area contributed by atoms with E-state index in [4.69, 9.17) is 18.2 Å². The van der Waals surface area contributed by atoms with Gasteiger partial charge in [-0.05, 0) is 68.9 Å². The van der Waals surface area contributed by atoms with E-state index in [1.54, 1.807) is 22.7 Å². The highest BCUT2D eigenvalue weighted by atomic mass is 127. The SMILES string of the molecule is Nc1c(-c2ccc(-c3ccc(I)s3)s2)cc(F)c(Br)c1N=S. The Balaban J connectivity index is 2.11. The molecule has 8 heteroatoms. The topological polar surface area (TPSA) is 38.4 Å². The van der Waals surface area contributed by atoms with Crippen LogP contribution in [-0.2, 0) is 12.4 Å². The van der Waals surface area contributed by atoms with Crippen LogP contribution in [0.5, 0.6) is 0 Å². The van der Waals surface area contributed by atoms with Crippen LogP contribution in [0.15, 0.2) is 39.2 Å². The second kappa shape index (κ2) is 6.60. The number of hydrogen-bond donors (Lipinski definition) is 1. The van der Waals surface area contributed by atoms with E-state index in [1.807, 2.05) is 12.1 Å². The van der Waals surface area contributed by atoms with Gasteiger partial charge < -0.3 is 5.73 Å². The van der Waals surface area contributed by atoms with Crippen LogP contribution in [0, 0.1) is 8.70 Å². The van der Waals surface area contributed by atoms with Crippen molar-refractivity contribution in [2.75, 3.05) is 5.73 Å². The van der Waals surface area contributed by atoms with Crippen LogP contribution >= 0.6 is 61.2 Å². The lowest BCUT2D eigenvalue weighted by Gasteiger charge is -2.08. The van der Waals surface area contributed by atoms with Gasteiger partial charge in [0.05, 0.1) is 13.0 Å². The molecule has 0 unspecified atom stereocenters. The van der Waals surface area contributed by atoms with Crippen LogP contribution in [0.4, 0.5) is 15.8 Å². The number of benzene rings is 1. The minimum atomic E-state index is -0.423. The third-order valence-corrected chi connectivity index (χ3v) is 7.16. The number of rotatable bonds is 3. The first-order valence-electron chi connectivity index (χ1n) is 5.98. The lowest BCUT2D eigenvalue weighted by atomic mass is 10.1. The predicted molar refractivity (Wildman–Crippen MR) is 107 cm³/mol. The fraction of sp³-hybridized carbons (Fsp3) is 0. The minimum Gasteiger partial charge on any atom is -0.396 e. The van der Waals surface area contributed by atoms with Gasteiger partial charge in [0.2, 0.25) is 0 Å². The first kappa shape index (κ1) is 16.4. The molecule has 0 aliphatic carbocycles. The van der Waals surface area contributed by atoms with E-state index in [1.165, 1.54) is 13.8 Å². The third kappa shape index (κ3) is 2.99. The number of nitrogens with zero attached hydrogens (tertiary/aromatic N) is 1. The largest absolute Gasteiger partial charge is 0.396 e. The summed E-state index contributed by atoms with van der Waals surface area (Å²) in [5, 5.41) is 0. The van der Waals surface area contributed by atoms with Gasteiger partial charge in [0, 0.05) is 32.6 Å². The first-order chi connectivity index (χ1) is 10.5. The molecule has 0 aliphatic heterocycles. The molecule has 2 nitrogen and oxygen atoms in total. The molecule has 2 aromatic heterocycles. The van der Waals surface area contributed by atoms with Crippen LogP contribution in [0.1, 0.15) is 0 Å². The molecular weight excluding hydrogens is 518 g/mol. The highest BCUT2D eigenvalue weighted by molar-refractivity contribution is 14.1. The Morgan fingerprint density at radius 1 is 1.14 bits per heavy atom. The normalized spacial score (nSPS) is 10.9. The highest BCUT2D eigenvalue weighted by Crippen LogP contribution is 2.44. The molecule has 0 atom stereocenters. The van der Waals surface area contributed by atoms with Crippen molar-refractivity contribution in [2.24, 2.45) is 4.36 Å². The maximum Gasteiger partial charge on any atom is 0.140 e. The van der Waals surface area contributed by atoms with Gasteiger partial charge in [-0.2, -0.15) is 4.36 Å². The van der Waals surface area contributed by atoms with Crippen molar-refractivity contribution in [3.8, 4) is 20.2 Å². The summed E-state index contributed by atoms with van der Waals surface area (Å²) in [4.78, 5) is 3.20. The van der Waals surface area contributed by atoms with Gasteiger partial charge >= 0.3 is 0 Å². The molecule has 3 aromatic rings. The second-order valence-corrected chi connectivity index (χ2v) is 9.38. The Kier molecular flexibility index (Phi) is 4.93. The Morgan fingerprint density at radius 2 is 1.77 bits per heavy atom. The fourth-order valence-corrected chi connectivity index (χ4v) is 5.45. The van der Waals surface area contributed by atoms with Crippen molar-refractivity contribution >= 4 is 85.0 Å². The van der Waals surface area contributed by atoms with Gasteiger partial charge in [0.1, 0.15) is 11.5 Å². The lowest BCUT2D eigenvalue weighted by Crippen LogP contribution is -1.93. The van der Waals surface area contributed by atoms with Gasteiger partial charge in [-0.15, -0.1) is 22.7 Å². The van der Waals surface area contributed by atoms with E-state index in [9.17, 15) is 4.39 Å². The zero-order chi connectivity index (χ0) is 15.9. The van der Waals surface area contributed by atoms with E-state index in [2.05, 4.69) is 55.0 Å². The molecule has 0 aliphatic rings. The number of thiophene rings is 2. The monoisotopic (exact) mass is 524 g/mol. The summed E-state index contributed by atoms with van der Waals surface area (Å²) in [6, 6.07) is 9.53. The Hall–Kier alpha value is -0.420. The molecule has 2 N–H and O–H groups in total. The third-order valence-electron chi connectivity index (χ3n) is 3.01. The predicted octanol–water partition coefficient (Wildman–Crippen LogP) is 6.59. The summed E-state index contributed by atoms with van der Waals surface area (Å²) in [5.74, 6) is -0.423. The lowest BCUT2D eigenvalue weighted by molar-refractivity contribution is 0.622. The summed E-state index contributed by atoms with van der Waals surface area (Å²) in [6.07, 6.45) is 0. The van der Waals surface area contributed by atoms with Gasteiger partial charge in [-0.1, -0.05) is 0 Å². The van der Waals surface area contributed by atoms with Crippen molar-refractivity contribution < 1.29 is 4.39 Å². The molecule has 0 bridgehead atoms. The number of nitrogen functional groups attached to an aromatic ring is 1. The smallest absolute Gasteiger partial charge is 0.140 e. The van der Waals surface area contributed by atoms with Crippen molar-refractivity contribution in [3.05, 3.63) is 43.5 Å². The Morgan fingerprint density at radius 3 is 2.41 bits per heavy atom. The molecule has 0 fully saturated rings. The summed E-state index contributed by atoms with van der Waals surface area (Å²) >= 11 is 13.4. The van der Waals surface area contributed by atoms with Gasteiger partial charge in [0.25, 0.3) is 0 Å². The van der Waals surface area contributed by atoms with Gasteiger partial charge in [-0.25, -0.2) is 4.39 Å². The van der Waals surface area contributed by atoms with Crippen molar-refractivity contribution in [2.45, 2.75) is 0 Å². The van der Waals surface area contributed by atoms with Crippen LogP contribution in [0.25, 0.3) is 20.2 Å². The van der Waals surface area contributed by atoms with E-state index in [-0.39, 0.29) is 10.2 Å². The quantitative estimate of drug-likeness (QED) is 0.310. The van der Waals surface area contributed by atoms with Crippen molar-refractivity contribution in [1.29, 1.82) is 0 Å². The molecule has 0 radical (unpaired) electrons. The van der Waals surface area contributed by atoms with E-state index in [0.29, 0.717) is 11.3 Å². The second-order valence-electron chi connectivity index (χ2n) is 4.34. The summed E-state index contributed by atoms with van der Waals surface area (Å²) in [6.45, 7) is 0. The number of anilines is 1. The maximum atomic E-state index is 14.0.